The van der Waals surface area contributed by atoms with Crippen LogP contribution < -0.4 is 0 Å². The molecule has 6 nitrogen and oxygen atoms in total. The number of halogens is 3. The van der Waals surface area contributed by atoms with Crippen LogP contribution >= 0.6 is 11.8 Å². The molecule has 0 aliphatic carbocycles. The first kappa shape index (κ1) is 18.8. The molecule has 1 heterocycles. The minimum absolute atomic E-state index is 0.157. The first-order valence-electron chi connectivity index (χ1n) is 6.85. The molecule has 0 amide bonds. The Morgan fingerprint density at radius 2 is 2.00 bits per heavy atom. The Morgan fingerprint density at radius 1 is 1.32 bits per heavy atom. The molecule has 2 aromatic rings. The van der Waals surface area contributed by atoms with Gasteiger partial charge in [-0.3, -0.25) is 4.68 Å². The van der Waals surface area contributed by atoms with E-state index in [4.69, 9.17) is 4.74 Å². The van der Waals surface area contributed by atoms with E-state index >= 15 is 0 Å². The van der Waals surface area contributed by atoms with Gasteiger partial charge in [-0.05, 0) is 12.1 Å². The number of esters is 1. The topological polar surface area (TPSA) is 65.7 Å². The Morgan fingerprint density at radius 3 is 2.60 bits per heavy atom. The Labute approximate surface area is 145 Å². The van der Waals surface area contributed by atoms with Gasteiger partial charge in [0, 0.05) is 11.9 Å². The van der Waals surface area contributed by atoms with E-state index in [1.807, 2.05) is 0 Å². The lowest BCUT2D eigenvalue weighted by Crippen LogP contribution is -2.09. The van der Waals surface area contributed by atoms with Gasteiger partial charge in [0.05, 0.1) is 24.5 Å². The van der Waals surface area contributed by atoms with E-state index in [2.05, 4.69) is 15.1 Å². The molecular weight excluding hydrogens is 359 g/mol. The van der Waals surface area contributed by atoms with E-state index in [0.29, 0.717) is 4.90 Å². The fourth-order valence-electron chi connectivity index (χ4n) is 2.02. The van der Waals surface area contributed by atoms with Crippen LogP contribution in [0.15, 0.2) is 39.3 Å². The molecule has 1 aromatic carbocycles. The number of methoxy groups -OCH3 is 1. The van der Waals surface area contributed by atoms with Crippen molar-refractivity contribution in [3.63, 3.8) is 0 Å². The number of aromatic nitrogens is 2. The number of aryl methyl sites for hydroxylation is 1. The molecule has 10 heteroatoms. The zero-order valence-corrected chi connectivity index (χ0v) is 14.3. The predicted octanol–water partition coefficient (Wildman–Crippen LogP) is 3.36. The molecule has 1 aromatic heterocycles. The molecule has 0 saturated heterocycles. The zero-order valence-electron chi connectivity index (χ0n) is 13.5. The van der Waals surface area contributed by atoms with E-state index < -0.39 is 17.8 Å². The third-order valence-electron chi connectivity index (χ3n) is 3.08. The van der Waals surface area contributed by atoms with Crippen molar-refractivity contribution in [2.45, 2.75) is 16.1 Å². The molecule has 25 heavy (non-hydrogen) atoms. The van der Waals surface area contributed by atoms with Gasteiger partial charge >= 0.3 is 12.1 Å². The van der Waals surface area contributed by atoms with E-state index in [9.17, 15) is 18.0 Å². The fourth-order valence-corrected chi connectivity index (χ4v) is 3.06. The van der Waals surface area contributed by atoms with Gasteiger partial charge in [-0.15, -0.1) is 0 Å². The number of rotatable bonds is 5. The number of benzene rings is 1. The van der Waals surface area contributed by atoms with Crippen LogP contribution in [0.5, 0.6) is 0 Å². The van der Waals surface area contributed by atoms with Gasteiger partial charge in [0.25, 0.3) is 0 Å². The maximum Gasteiger partial charge on any atom is 0.435 e. The van der Waals surface area contributed by atoms with Crippen LogP contribution in [0.25, 0.3) is 0 Å². The summed E-state index contributed by atoms with van der Waals surface area (Å²) in [5, 5.41) is 7.11. The summed E-state index contributed by atoms with van der Waals surface area (Å²) >= 11 is 0.951. The summed E-state index contributed by atoms with van der Waals surface area (Å²) < 4.78 is 45.4. The first-order valence-corrected chi connectivity index (χ1v) is 7.67. The summed E-state index contributed by atoms with van der Waals surface area (Å²) in [5.41, 5.74) is -1.10. The molecule has 0 spiro atoms. The lowest BCUT2D eigenvalue weighted by Gasteiger charge is -2.08. The summed E-state index contributed by atoms with van der Waals surface area (Å²) in [7, 11) is 3.83. The monoisotopic (exact) mass is 373 g/mol. The second-order valence-corrected chi connectivity index (χ2v) is 5.73. The van der Waals surface area contributed by atoms with Gasteiger partial charge in [0.1, 0.15) is 12.1 Å². The fraction of sp³-hybridized carbons (Fsp3) is 0.267. The molecule has 0 bridgehead atoms. The highest BCUT2D eigenvalue weighted by molar-refractivity contribution is 7.99. The Balaban J connectivity index is 2.56. The van der Waals surface area contributed by atoms with E-state index in [1.165, 1.54) is 27.3 Å². The third kappa shape index (κ3) is 4.13. The maximum absolute atomic E-state index is 13.2. The summed E-state index contributed by atoms with van der Waals surface area (Å²) in [6, 6.07) is 6.43. The molecule has 0 aliphatic rings. The van der Waals surface area contributed by atoms with Crippen LogP contribution in [0.2, 0.25) is 0 Å². The van der Waals surface area contributed by atoms with Gasteiger partial charge in [-0.2, -0.15) is 18.3 Å². The summed E-state index contributed by atoms with van der Waals surface area (Å²) in [4.78, 5) is 16.8. The Hall–Kier alpha value is -2.49. The number of carbonyl (C=O) groups is 1. The van der Waals surface area contributed by atoms with Crippen molar-refractivity contribution in [1.29, 1.82) is 0 Å². The highest BCUT2D eigenvalue weighted by atomic mass is 32.2. The average molecular weight is 373 g/mol. The third-order valence-corrected chi connectivity index (χ3v) is 4.34. The molecule has 0 atom stereocenters. The predicted molar refractivity (Wildman–Crippen MR) is 84.7 cm³/mol. The molecule has 0 radical (unpaired) electrons. The van der Waals surface area contributed by atoms with Crippen molar-refractivity contribution in [3.05, 3.63) is 41.1 Å². The highest BCUT2D eigenvalue weighted by Gasteiger charge is 2.39. The van der Waals surface area contributed by atoms with Gasteiger partial charge in [-0.25, -0.2) is 4.79 Å². The molecule has 0 N–H and O–H groups in total. The zero-order chi connectivity index (χ0) is 18.6. The molecule has 0 unspecified atom stereocenters. The van der Waals surface area contributed by atoms with Gasteiger partial charge in [-0.1, -0.05) is 29.1 Å². The standard InChI is InChI=1S/C15H14F3N3O3S/c1-21-13(10(8-19-24-3)12(20-21)15(16,17)18)25-11-7-5-4-6-9(11)14(22)23-2/h4-8H,1-3H3. The van der Waals surface area contributed by atoms with Gasteiger partial charge < -0.3 is 9.57 Å². The number of nitrogens with zero attached hydrogens (tertiary/aromatic N) is 3. The smallest absolute Gasteiger partial charge is 0.435 e. The van der Waals surface area contributed by atoms with Crippen molar-refractivity contribution in [2.75, 3.05) is 14.2 Å². The molecule has 0 fully saturated rings. The van der Waals surface area contributed by atoms with Crippen LogP contribution in [0.3, 0.4) is 0 Å². The Bertz CT molecular complexity index is 803. The van der Waals surface area contributed by atoms with Crippen LogP contribution in [-0.4, -0.2) is 36.2 Å². The van der Waals surface area contributed by atoms with E-state index in [1.54, 1.807) is 18.2 Å². The molecule has 0 saturated carbocycles. The van der Waals surface area contributed by atoms with Gasteiger partial charge in [0.2, 0.25) is 0 Å². The molecular formula is C15H14F3N3O3S. The van der Waals surface area contributed by atoms with E-state index in [-0.39, 0.29) is 16.2 Å². The van der Waals surface area contributed by atoms with E-state index in [0.717, 1.165) is 22.7 Å². The summed E-state index contributed by atoms with van der Waals surface area (Å²) in [5.74, 6) is -0.589. The molecule has 134 valence electrons. The van der Waals surface area contributed by atoms with Crippen LogP contribution in [0.4, 0.5) is 13.2 Å². The highest BCUT2D eigenvalue weighted by Crippen LogP contribution is 2.38. The number of ether oxygens (including phenoxy) is 1. The lowest BCUT2D eigenvalue weighted by molar-refractivity contribution is -0.141. The molecule has 0 aliphatic heterocycles. The molecule has 2 rings (SSSR count). The minimum atomic E-state index is -4.66. The van der Waals surface area contributed by atoms with Gasteiger partial charge in [0.15, 0.2) is 5.69 Å². The normalized spacial score (nSPS) is 11.8. The Kier molecular flexibility index (Phi) is 5.73. The number of hydrogen-bond donors (Lipinski definition) is 0. The average Bonchev–Trinajstić information content (AvgIpc) is 2.89. The SMILES string of the molecule is CON=Cc1c(C(F)(F)F)nn(C)c1Sc1ccccc1C(=O)OC. The second kappa shape index (κ2) is 7.60. The van der Waals surface area contributed by atoms with Crippen molar-refractivity contribution < 1.29 is 27.5 Å². The maximum atomic E-state index is 13.2. The number of hydrogen-bond acceptors (Lipinski definition) is 6. The summed E-state index contributed by atoms with van der Waals surface area (Å²) in [6.07, 6.45) is -3.72. The number of oxime groups is 1. The van der Waals surface area contributed by atoms with Crippen LogP contribution in [-0.2, 0) is 22.8 Å². The first-order chi connectivity index (χ1) is 11.8. The van der Waals surface area contributed by atoms with Crippen LogP contribution in [0, 0.1) is 0 Å². The second-order valence-electron chi connectivity index (χ2n) is 4.70. The van der Waals surface area contributed by atoms with Crippen molar-refractivity contribution >= 4 is 23.9 Å². The minimum Gasteiger partial charge on any atom is -0.465 e. The van der Waals surface area contributed by atoms with Crippen molar-refractivity contribution in [2.24, 2.45) is 12.2 Å². The number of alkyl halides is 3. The lowest BCUT2D eigenvalue weighted by atomic mass is 10.2. The largest absolute Gasteiger partial charge is 0.465 e. The number of carbonyl (C=O) groups excluding carboxylic acids is 1. The van der Waals surface area contributed by atoms with Crippen molar-refractivity contribution in [3.8, 4) is 0 Å². The summed E-state index contributed by atoms with van der Waals surface area (Å²) in [6.45, 7) is 0. The van der Waals surface area contributed by atoms with Crippen LogP contribution in [0.1, 0.15) is 21.6 Å². The van der Waals surface area contributed by atoms with Crippen molar-refractivity contribution in [1.82, 2.24) is 9.78 Å². The quantitative estimate of drug-likeness (QED) is 0.457.